The molecular weight excluding hydrogens is 124 g/mol. The normalized spacial score (nSPS) is 27.6. The molecule has 0 bridgehead atoms. The van der Waals surface area contributed by atoms with Crippen molar-refractivity contribution in [2.45, 2.75) is 19.8 Å². The minimum atomic E-state index is 0.784. The average molecular weight is 142 g/mol. The van der Waals surface area contributed by atoms with Crippen LogP contribution >= 0.6 is 0 Å². The van der Waals surface area contributed by atoms with Gasteiger partial charge in [-0.15, -0.1) is 0 Å². The second-order valence-corrected chi connectivity index (χ2v) is 3.19. The number of likely N-dealkylation sites (tertiary alicyclic amines) is 1. The van der Waals surface area contributed by atoms with Crippen LogP contribution in [0.25, 0.3) is 0 Å². The van der Waals surface area contributed by atoms with Gasteiger partial charge in [-0.3, -0.25) is 0 Å². The summed E-state index contributed by atoms with van der Waals surface area (Å²) in [6.07, 6.45) is 2.59. The fourth-order valence-corrected chi connectivity index (χ4v) is 1.62. The van der Waals surface area contributed by atoms with E-state index < -0.39 is 0 Å². The van der Waals surface area contributed by atoms with Crippen LogP contribution in [0.5, 0.6) is 0 Å². The third-order valence-electron chi connectivity index (χ3n) is 2.24. The lowest BCUT2D eigenvalue weighted by Crippen LogP contribution is -2.23. The summed E-state index contributed by atoms with van der Waals surface area (Å²) < 4.78 is 0. The Morgan fingerprint density at radius 1 is 1.60 bits per heavy atom. The molecule has 1 atom stereocenters. The topological polar surface area (TPSA) is 29.3 Å². The summed E-state index contributed by atoms with van der Waals surface area (Å²) in [7, 11) is 0. The van der Waals surface area contributed by atoms with Crippen molar-refractivity contribution in [2.75, 3.05) is 26.2 Å². The summed E-state index contributed by atoms with van der Waals surface area (Å²) in [6.45, 7) is 6.88. The lowest BCUT2D eigenvalue weighted by atomic mass is 10.1. The van der Waals surface area contributed by atoms with E-state index in [1.54, 1.807) is 0 Å². The number of nitrogens with zero attached hydrogens (tertiary/aromatic N) is 1. The van der Waals surface area contributed by atoms with Gasteiger partial charge in [-0.25, -0.2) is 0 Å². The smallest absolute Gasteiger partial charge is 0.00222 e. The molecular formula is C8H18N2. The van der Waals surface area contributed by atoms with Crippen molar-refractivity contribution in [1.29, 1.82) is 0 Å². The van der Waals surface area contributed by atoms with Gasteiger partial charge in [0.15, 0.2) is 0 Å². The largest absolute Gasteiger partial charge is 0.330 e. The lowest BCUT2D eigenvalue weighted by Gasteiger charge is -2.13. The highest BCUT2D eigenvalue weighted by atomic mass is 15.1. The maximum absolute atomic E-state index is 5.57. The van der Waals surface area contributed by atoms with Gasteiger partial charge in [-0.05, 0) is 38.4 Å². The first-order valence-corrected chi connectivity index (χ1v) is 4.29. The second-order valence-electron chi connectivity index (χ2n) is 3.19. The molecule has 10 heavy (non-hydrogen) atoms. The van der Waals surface area contributed by atoms with Gasteiger partial charge >= 0.3 is 0 Å². The molecule has 1 aliphatic rings. The number of hydrogen-bond donors (Lipinski definition) is 1. The van der Waals surface area contributed by atoms with E-state index >= 15 is 0 Å². The van der Waals surface area contributed by atoms with Crippen molar-refractivity contribution in [3.05, 3.63) is 0 Å². The summed E-state index contributed by atoms with van der Waals surface area (Å²) in [5.74, 6) is 0.784. The van der Waals surface area contributed by atoms with Gasteiger partial charge in [-0.1, -0.05) is 6.92 Å². The molecule has 0 aromatic carbocycles. The molecule has 0 aromatic heterocycles. The molecule has 1 aliphatic heterocycles. The SMILES string of the molecule is CCCN1CC[C@@H](CN)C1. The molecule has 0 spiro atoms. The number of hydrogen-bond acceptors (Lipinski definition) is 2. The van der Waals surface area contributed by atoms with Crippen molar-refractivity contribution in [2.24, 2.45) is 11.7 Å². The van der Waals surface area contributed by atoms with E-state index in [0.29, 0.717) is 0 Å². The van der Waals surface area contributed by atoms with E-state index in [1.165, 1.54) is 32.5 Å². The van der Waals surface area contributed by atoms with E-state index in [2.05, 4.69) is 11.8 Å². The molecule has 1 heterocycles. The maximum Gasteiger partial charge on any atom is 0.00222 e. The fraction of sp³-hybridized carbons (Fsp3) is 1.00. The van der Waals surface area contributed by atoms with Crippen LogP contribution in [0.4, 0.5) is 0 Å². The third-order valence-corrected chi connectivity index (χ3v) is 2.24. The first kappa shape index (κ1) is 8.02. The fourth-order valence-electron chi connectivity index (χ4n) is 1.62. The molecule has 60 valence electrons. The molecule has 0 saturated carbocycles. The predicted molar refractivity (Wildman–Crippen MR) is 43.9 cm³/mol. The van der Waals surface area contributed by atoms with Gasteiger partial charge in [0.2, 0.25) is 0 Å². The van der Waals surface area contributed by atoms with Crippen LogP contribution in [-0.2, 0) is 0 Å². The number of rotatable bonds is 3. The lowest BCUT2D eigenvalue weighted by molar-refractivity contribution is 0.326. The van der Waals surface area contributed by atoms with Crippen LogP contribution in [0.15, 0.2) is 0 Å². The van der Waals surface area contributed by atoms with Gasteiger partial charge in [-0.2, -0.15) is 0 Å². The maximum atomic E-state index is 5.57. The highest BCUT2D eigenvalue weighted by Crippen LogP contribution is 2.14. The van der Waals surface area contributed by atoms with Crippen molar-refractivity contribution >= 4 is 0 Å². The first-order valence-electron chi connectivity index (χ1n) is 4.29. The van der Waals surface area contributed by atoms with Gasteiger partial charge < -0.3 is 10.6 Å². The average Bonchev–Trinajstić information content (AvgIpc) is 2.37. The molecule has 0 unspecified atom stereocenters. The predicted octanol–water partition coefficient (Wildman–Crippen LogP) is 0.677. The highest BCUT2D eigenvalue weighted by Gasteiger charge is 2.19. The highest BCUT2D eigenvalue weighted by molar-refractivity contribution is 4.75. The Morgan fingerprint density at radius 2 is 2.40 bits per heavy atom. The molecule has 1 saturated heterocycles. The van der Waals surface area contributed by atoms with E-state index in [9.17, 15) is 0 Å². The minimum absolute atomic E-state index is 0.784. The molecule has 0 aliphatic carbocycles. The van der Waals surface area contributed by atoms with E-state index in [0.717, 1.165) is 12.5 Å². The van der Waals surface area contributed by atoms with Crippen molar-refractivity contribution in [3.8, 4) is 0 Å². The zero-order valence-corrected chi connectivity index (χ0v) is 6.84. The van der Waals surface area contributed by atoms with Gasteiger partial charge in [0, 0.05) is 6.54 Å². The van der Waals surface area contributed by atoms with E-state index in [-0.39, 0.29) is 0 Å². The van der Waals surface area contributed by atoms with Crippen LogP contribution in [-0.4, -0.2) is 31.1 Å². The van der Waals surface area contributed by atoms with Gasteiger partial charge in [0.1, 0.15) is 0 Å². The van der Waals surface area contributed by atoms with Crippen LogP contribution < -0.4 is 5.73 Å². The Kier molecular flexibility index (Phi) is 3.16. The Labute approximate surface area is 63.4 Å². The summed E-state index contributed by atoms with van der Waals surface area (Å²) in [5.41, 5.74) is 5.57. The summed E-state index contributed by atoms with van der Waals surface area (Å²) in [4.78, 5) is 2.51. The van der Waals surface area contributed by atoms with Crippen molar-refractivity contribution in [3.63, 3.8) is 0 Å². The monoisotopic (exact) mass is 142 g/mol. The molecule has 0 radical (unpaired) electrons. The Hall–Kier alpha value is -0.0800. The summed E-state index contributed by atoms with van der Waals surface area (Å²) in [6, 6.07) is 0. The Bertz CT molecular complexity index is 93.3. The van der Waals surface area contributed by atoms with Crippen molar-refractivity contribution in [1.82, 2.24) is 4.90 Å². The molecule has 1 rings (SSSR count). The van der Waals surface area contributed by atoms with Crippen LogP contribution in [0.2, 0.25) is 0 Å². The van der Waals surface area contributed by atoms with Crippen molar-refractivity contribution < 1.29 is 0 Å². The summed E-state index contributed by atoms with van der Waals surface area (Å²) >= 11 is 0. The zero-order chi connectivity index (χ0) is 7.40. The minimum Gasteiger partial charge on any atom is -0.330 e. The van der Waals surface area contributed by atoms with E-state index in [4.69, 9.17) is 5.73 Å². The molecule has 2 N–H and O–H groups in total. The molecule has 0 aromatic rings. The van der Waals surface area contributed by atoms with Crippen LogP contribution in [0, 0.1) is 5.92 Å². The number of nitrogens with two attached hydrogens (primary N) is 1. The summed E-state index contributed by atoms with van der Waals surface area (Å²) in [5, 5.41) is 0. The standard InChI is InChI=1S/C8H18N2/c1-2-4-10-5-3-8(6-9)7-10/h8H,2-7,9H2,1H3/t8-/m0/s1. The van der Waals surface area contributed by atoms with E-state index in [1.807, 2.05) is 0 Å². The molecule has 1 fully saturated rings. The zero-order valence-electron chi connectivity index (χ0n) is 6.84. The second kappa shape index (κ2) is 3.94. The van der Waals surface area contributed by atoms with Gasteiger partial charge in [0.05, 0.1) is 0 Å². The quantitative estimate of drug-likeness (QED) is 0.628. The molecule has 2 nitrogen and oxygen atoms in total. The van der Waals surface area contributed by atoms with Crippen LogP contribution in [0.1, 0.15) is 19.8 Å². The molecule has 2 heteroatoms. The van der Waals surface area contributed by atoms with Gasteiger partial charge in [0.25, 0.3) is 0 Å². The Balaban J connectivity index is 2.15. The Morgan fingerprint density at radius 3 is 2.90 bits per heavy atom. The van der Waals surface area contributed by atoms with Crippen LogP contribution in [0.3, 0.4) is 0 Å². The third kappa shape index (κ3) is 1.96. The molecule has 0 amide bonds. The first-order chi connectivity index (χ1) is 4.86.